The number of fused-ring (bicyclic) bond motifs is 1. The lowest BCUT2D eigenvalue weighted by Gasteiger charge is -2.05. The van der Waals surface area contributed by atoms with E-state index in [-0.39, 0.29) is 17.0 Å². The summed E-state index contributed by atoms with van der Waals surface area (Å²) < 4.78 is 5.22. The molecule has 10 nitrogen and oxygen atoms in total. The van der Waals surface area contributed by atoms with Crippen LogP contribution in [0.2, 0.25) is 5.02 Å². The minimum absolute atomic E-state index is 0.0665. The molecule has 28 heavy (non-hydrogen) atoms. The number of nitro benzene ring substituents is 2. The lowest BCUT2D eigenvalue weighted by molar-refractivity contribution is -0.393. The molecular formula is C17H11ClN4O6. The Bertz CT molecular complexity index is 1200. The fourth-order valence-electron chi connectivity index (χ4n) is 2.43. The van der Waals surface area contributed by atoms with Gasteiger partial charge in [0.05, 0.1) is 27.2 Å². The highest BCUT2D eigenvalue weighted by atomic mass is 35.5. The molecule has 0 atom stereocenters. The monoisotopic (exact) mass is 402 g/mol. The zero-order chi connectivity index (χ0) is 20.4. The number of rotatable bonds is 5. The van der Waals surface area contributed by atoms with Gasteiger partial charge in [0.25, 0.3) is 5.69 Å². The molecule has 3 rings (SSSR count). The van der Waals surface area contributed by atoms with Crippen molar-refractivity contribution in [1.29, 1.82) is 0 Å². The van der Waals surface area contributed by atoms with E-state index >= 15 is 0 Å². The van der Waals surface area contributed by atoms with Crippen molar-refractivity contribution in [1.82, 2.24) is 0 Å². The molecule has 3 aromatic rings. The Morgan fingerprint density at radius 1 is 1.11 bits per heavy atom. The molecule has 0 bridgehead atoms. The summed E-state index contributed by atoms with van der Waals surface area (Å²) in [6, 6.07) is 9.39. The predicted molar refractivity (Wildman–Crippen MR) is 103 cm³/mol. The number of hydrogen-bond acceptors (Lipinski definition) is 8. The van der Waals surface area contributed by atoms with E-state index in [1.807, 2.05) is 0 Å². The number of nitrogens with one attached hydrogen (secondary N) is 1. The van der Waals surface area contributed by atoms with Gasteiger partial charge in [-0.05, 0) is 37.3 Å². The Labute approximate surface area is 161 Å². The molecule has 1 aromatic heterocycles. The van der Waals surface area contributed by atoms with E-state index in [1.54, 1.807) is 18.2 Å². The highest BCUT2D eigenvalue weighted by Crippen LogP contribution is 2.29. The molecule has 142 valence electrons. The number of non-ortho nitro benzene ring substituents is 1. The molecule has 0 saturated heterocycles. The molecule has 11 heteroatoms. The van der Waals surface area contributed by atoms with Crippen LogP contribution < -0.4 is 11.1 Å². The van der Waals surface area contributed by atoms with Gasteiger partial charge in [0.2, 0.25) is 0 Å². The van der Waals surface area contributed by atoms with Gasteiger partial charge >= 0.3 is 11.3 Å². The van der Waals surface area contributed by atoms with Crippen molar-refractivity contribution in [3.63, 3.8) is 0 Å². The Morgan fingerprint density at radius 2 is 1.86 bits per heavy atom. The van der Waals surface area contributed by atoms with Gasteiger partial charge in [-0.2, -0.15) is 5.10 Å². The van der Waals surface area contributed by atoms with Crippen molar-refractivity contribution in [3.05, 3.63) is 83.7 Å². The fraction of sp³-hybridized carbons (Fsp3) is 0.0588. The molecule has 1 heterocycles. The van der Waals surface area contributed by atoms with Crippen molar-refractivity contribution in [2.45, 2.75) is 6.92 Å². The summed E-state index contributed by atoms with van der Waals surface area (Å²) in [4.78, 5) is 32.6. The Morgan fingerprint density at radius 3 is 2.54 bits per heavy atom. The van der Waals surface area contributed by atoms with Crippen molar-refractivity contribution in [2.24, 2.45) is 5.10 Å². The summed E-state index contributed by atoms with van der Waals surface area (Å²) in [5, 5.41) is 27.0. The smallest absolute Gasteiger partial charge is 0.345 e. The maximum absolute atomic E-state index is 12.2. The Kier molecular flexibility index (Phi) is 5.05. The second-order valence-electron chi connectivity index (χ2n) is 5.65. The third-order valence-electron chi connectivity index (χ3n) is 3.82. The lowest BCUT2D eigenvalue weighted by Crippen LogP contribution is -2.13. The average Bonchev–Trinajstić information content (AvgIpc) is 2.65. The quantitative estimate of drug-likeness (QED) is 0.293. The molecular weight excluding hydrogens is 392 g/mol. The molecule has 0 aliphatic heterocycles. The molecule has 0 saturated carbocycles. The maximum Gasteiger partial charge on any atom is 0.345 e. The first-order chi connectivity index (χ1) is 13.3. The third kappa shape index (κ3) is 3.81. The maximum atomic E-state index is 12.2. The molecule has 1 N–H and O–H groups in total. The number of halogens is 1. The van der Waals surface area contributed by atoms with Gasteiger partial charge < -0.3 is 4.42 Å². The van der Waals surface area contributed by atoms with Crippen LogP contribution in [0.25, 0.3) is 11.0 Å². The zero-order valence-corrected chi connectivity index (χ0v) is 15.0. The third-order valence-corrected chi connectivity index (χ3v) is 4.05. The summed E-state index contributed by atoms with van der Waals surface area (Å²) in [5.74, 6) is 0. The van der Waals surface area contributed by atoms with Crippen LogP contribution in [0.3, 0.4) is 0 Å². The predicted octanol–water partition coefficient (Wildman–Crippen LogP) is 4.10. The van der Waals surface area contributed by atoms with Crippen LogP contribution in [0.4, 0.5) is 17.1 Å². The van der Waals surface area contributed by atoms with Crippen molar-refractivity contribution in [3.8, 4) is 0 Å². The van der Waals surface area contributed by atoms with Gasteiger partial charge in [0.15, 0.2) is 0 Å². The van der Waals surface area contributed by atoms with E-state index < -0.39 is 26.8 Å². The van der Waals surface area contributed by atoms with Gasteiger partial charge in [-0.15, -0.1) is 0 Å². The summed E-state index contributed by atoms with van der Waals surface area (Å²) in [7, 11) is 0. The van der Waals surface area contributed by atoms with E-state index in [2.05, 4.69) is 10.5 Å². The highest BCUT2D eigenvalue weighted by Gasteiger charge is 2.19. The first-order valence-electron chi connectivity index (χ1n) is 7.73. The van der Waals surface area contributed by atoms with Gasteiger partial charge in [-0.3, -0.25) is 25.7 Å². The van der Waals surface area contributed by atoms with Gasteiger partial charge in [0.1, 0.15) is 11.3 Å². The normalized spacial score (nSPS) is 11.4. The lowest BCUT2D eigenvalue weighted by atomic mass is 10.1. The summed E-state index contributed by atoms with van der Waals surface area (Å²) >= 11 is 5.94. The molecule has 0 aliphatic carbocycles. The Hall–Kier alpha value is -3.79. The SMILES string of the molecule is CC(=NNc1ccc([N+](=O)[O-])cc1[N+](=O)[O-])c1cc2cc(Cl)ccc2oc1=O. The van der Waals surface area contributed by atoms with Crippen LogP contribution in [-0.2, 0) is 0 Å². The van der Waals surface area contributed by atoms with Gasteiger partial charge in [-0.25, -0.2) is 4.79 Å². The van der Waals surface area contributed by atoms with Crippen LogP contribution in [0.5, 0.6) is 0 Å². The van der Waals surface area contributed by atoms with Crippen LogP contribution in [0.15, 0.2) is 56.8 Å². The molecule has 0 amide bonds. The standard InChI is InChI=1S/C17H11ClN4O6/c1-9(13-7-10-6-11(18)2-5-16(10)28-17(13)23)19-20-14-4-3-12(21(24)25)8-15(14)22(26)27/h2-8,20H,1H3. The van der Waals surface area contributed by atoms with Crippen LogP contribution >= 0.6 is 11.6 Å². The molecule has 0 aliphatic rings. The number of nitrogens with zero attached hydrogens (tertiary/aromatic N) is 3. The number of benzene rings is 2. The summed E-state index contributed by atoms with van der Waals surface area (Å²) in [5.41, 5.74) is 1.48. The molecule has 0 fully saturated rings. The van der Waals surface area contributed by atoms with Gasteiger partial charge in [0, 0.05) is 16.5 Å². The van der Waals surface area contributed by atoms with Crippen LogP contribution in [0.1, 0.15) is 12.5 Å². The first kappa shape index (κ1) is 19.0. The minimum atomic E-state index is -0.771. The van der Waals surface area contributed by atoms with E-state index in [0.29, 0.717) is 16.0 Å². The van der Waals surface area contributed by atoms with Crippen molar-refractivity contribution < 1.29 is 14.3 Å². The van der Waals surface area contributed by atoms with Crippen molar-refractivity contribution in [2.75, 3.05) is 5.43 Å². The topological polar surface area (TPSA) is 141 Å². The number of nitro groups is 2. The zero-order valence-electron chi connectivity index (χ0n) is 14.2. The second kappa shape index (κ2) is 7.45. The molecule has 0 spiro atoms. The highest BCUT2D eigenvalue weighted by molar-refractivity contribution is 6.31. The minimum Gasteiger partial charge on any atom is -0.422 e. The largest absolute Gasteiger partial charge is 0.422 e. The first-order valence-corrected chi connectivity index (χ1v) is 8.11. The molecule has 2 aromatic carbocycles. The summed E-state index contributed by atoms with van der Waals surface area (Å²) in [6.07, 6.45) is 0. The molecule has 0 unspecified atom stereocenters. The van der Waals surface area contributed by atoms with Crippen LogP contribution in [-0.4, -0.2) is 15.6 Å². The summed E-state index contributed by atoms with van der Waals surface area (Å²) in [6.45, 7) is 1.51. The number of hydrogen-bond donors (Lipinski definition) is 1. The number of hydrazone groups is 1. The van der Waals surface area contributed by atoms with Crippen LogP contribution in [0, 0.1) is 20.2 Å². The van der Waals surface area contributed by atoms with E-state index in [4.69, 9.17) is 16.0 Å². The Balaban J connectivity index is 1.98. The van der Waals surface area contributed by atoms with E-state index in [1.165, 1.54) is 13.0 Å². The van der Waals surface area contributed by atoms with Crippen molar-refractivity contribution >= 4 is 45.3 Å². The average molecular weight is 403 g/mol. The van der Waals surface area contributed by atoms with E-state index in [9.17, 15) is 25.0 Å². The fourth-order valence-corrected chi connectivity index (χ4v) is 2.61. The van der Waals surface area contributed by atoms with E-state index in [0.717, 1.165) is 18.2 Å². The molecule has 0 radical (unpaired) electrons. The number of anilines is 1. The van der Waals surface area contributed by atoms with Gasteiger partial charge in [-0.1, -0.05) is 11.6 Å². The second-order valence-corrected chi connectivity index (χ2v) is 6.09.